The average Bonchev–Trinajstić information content (AvgIpc) is 2.29. The van der Waals surface area contributed by atoms with Gasteiger partial charge in [-0.15, -0.1) is 0 Å². The van der Waals surface area contributed by atoms with Gasteiger partial charge in [-0.1, -0.05) is 47.3 Å². The summed E-state index contributed by atoms with van der Waals surface area (Å²) in [4.78, 5) is 0. The van der Waals surface area contributed by atoms with Gasteiger partial charge in [-0.2, -0.15) is 0 Å². The van der Waals surface area contributed by atoms with Crippen LogP contribution >= 0.6 is 15.9 Å². The lowest BCUT2D eigenvalue weighted by Crippen LogP contribution is -1.91. The van der Waals surface area contributed by atoms with Crippen molar-refractivity contribution in [3.05, 3.63) is 67.0 Å². The smallest absolute Gasteiger partial charge is 0.127 e. The van der Waals surface area contributed by atoms with E-state index in [1.165, 1.54) is 5.56 Å². The molecule has 0 atom stereocenters. The summed E-state index contributed by atoms with van der Waals surface area (Å²) in [5.74, 6) is 1.50. The maximum atomic E-state index is 5.60. The fraction of sp³-hybridized carbons (Fsp3) is 0.0769. The number of benzene rings is 1. The van der Waals surface area contributed by atoms with Gasteiger partial charge in [0, 0.05) is 5.33 Å². The molecule has 1 rings (SSSR count). The van der Waals surface area contributed by atoms with Gasteiger partial charge in [-0.25, -0.2) is 0 Å². The molecular weight excluding hydrogens is 252 g/mol. The van der Waals surface area contributed by atoms with Gasteiger partial charge in [0.15, 0.2) is 0 Å². The Morgan fingerprint density at radius 2 is 2.20 bits per heavy atom. The number of halogens is 1. The fourth-order valence-electron chi connectivity index (χ4n) is 1.09. The van der Waals surface area contributed by atoms with Crippen LogP contribution < -0.4 is 4.74 Å². The third-order valence-corrected chi connectivity index (χ3v) is 2.42. The molecule has 1 aromatic carbocycles. The quantitative estimate of drug-likeness (QED) is 0.440. The van der Waals surface area contributed by atoms with Crippen molar-refractivity contribution in [1.82, 2.24) is 0 Å². The molecule has 0 spiro atoms. The van der Waals surface area contributed by atoms with E-state index >= 15 is 0 Å². The molecule has 15 heavy (non-hydrogen) atoms. The van der Waals surface area contributed by atoms with E-state index in [0.29, 0.717) is 5.76 Å². The SMILES string of the molecule is C=C/C=C(\C=C)Oc1cccc(CBr)c1. The topological polar surface area (TPSA) is 9.23 Å². The Balaban J connectivity index is 2.83. The summed E-state index contributed by atoms with van der Waals surface area (Å²) in [6, 6.07) is 7.88. The van der Waals surface area contributed by atoms with Crippen LogP contribution in [-0.2, 0) is 5.33 Å². The summed E-state index contributed by atoms with van der Waals surface area (Å²) in [6.45, 7) is 7.28. The lowest BCUT2D eigenvalue weighted by Gasteiger charge is -2.06. The summed E-state index contributed by atoms with van der Waals surface area (Å²) in [7, 11) is 0. The summed E-state index contributed by atoms with van der Waals surface area (Å²) in [5, 5.41) is 0.818. The molecule has 0 amide bonds. The molecule has 0 aliphatic carbocycles. The van der Waals surface area contributed by atoms with E-state index in [1.54, 1.807) is 18.2 Å². The number of alkyl halides is 1. The first-order valence-corrected chi connectivity index (χ1v) is 5.70. The van der Waals surface area contributed by atoms with Crippen molar-refractivity contribution in [2.24, 2.45) is 0 Å². The van der Waals surface area contributed by atoms with Gasteiger partial charge in [0.05, 0.1) is 0 Å². The highest BCUT2D eigenvalue weighted by Crippen LogP contribution is 2.18. The van der Waals surface area contributed by atoms with Gasteiger partial charge in [-0.05, 0) is 29.8 Å². The average molecular weight is 265 g/mol. The molecule has 0 aromatic heterocycles. The zero-order valence-corrected chi connectivity index (χ0v) is 10.0. The van der Waals surface area contributed by atoms with Crippen LogP contribution in [0.15, 0.2) is 61.4 Å². The first-order valence-electron chi connectivity index (χ1n) is 4.58. The third kappa shape index (κ3) is 3.76. The highest BCUT2D eigenvalue weighted by Gasteiger charge is 1.97. The molecule has 0 radical (unpaired) electrons. The Morgan fingerprint density at radius 3 is 2.80 bits per heavy atom. The van der Waals surface area contributed by atoms with Crippen LogP contribution in [0.25, 0.3) is 0 Å². The predicted molar refractivity (Wildman–Crippen MR) is 68.2 cm³/mol. The second-order valence-corrected chi connectivity index (χ2v) is 3.45. The number of hydrogen-bond donors (Lipinski definition) is 0. The van der Waals surface area contributed by atoms with Crippen LogP contribution in [0.5, 0.6) is 5.75 Å². The summed E-state index contributed by atoms with van der Waals surface area (Å²) in [6.07, 6.45) is 5.10. The van der Waals surface area contributed by atoms with E-state index in [0.717, 1.165) is 11.1 Å². The van der Waals surface area contributed by atoms with Gasteiger partial charge < -0.3 is 4.74 Å². The van der Waals surface area contributed by atoms with Crippen molar-refractivity contribution < 1.29 is 4.74 Å². The van der Waals surface area contributed by atoms with E-state index in [2.05, 4.69) is 29.1 Å². The highest BCUT2D eigenvalue weighted by molar-refractivity contribution is 9.08. The molecule has 0 heterocycles. The van der Waals surface area contributed by atoms with Crippen LogP contribution in [0.1, 0.15) is 5.56 Å². The third-order valence-electron chi connectivity index (χ3n) is 1.77. The molecule has 78 valence electrons. The van der Waals surface area contributed by atoms with E-state index < -0.39 is 0 Å². The predicted octanol–water partition coefficient (Wildman–Crippen LogP) is 4.22. The molecule has 0 fully saturated rings. The van der Waals surface area contributed by atoms with Gasteiger partial charge >= 0.3 is 0 Å². The van der Waals surface area contributed by atoms with E-state index in [-0.39, 0.29) is 0 Å². The maximum absolute atomic E-state index is 5.60. The minimum absolute atomic E-state index is 0.691. The van der Waals surface area contributed by atoms with Crippen LogP contribution in [0, 0.1) is 0 Å². The first kappa shape index (κ1) is 11.8. The minimum atomic E-state index is 0.691. The van der Waals surface area contributed by atoms with Crippen LogP contribution in [0.2, 0.25) is 0 Å². The molecule has 0 aliphatic heterocycles. The van der Waals surface area contributed by atoms with E-state index in [1.807, 2.05) is 24.3 Å². The van der Waals surface area contributed by atoms with Gasteiger partial charge in [0.25, 0.3) is 0 Å². The largest absolute Gasteiger partial charge is 0.457 e. The van der Waals surface area contributed by atoms with Crippen molar-refractivity contribution in [3.63, 3.8) is 0 Å². The van der Waals surface area contributed by atoms with Crippen molar-refractivity contribution in [1.29, 1.82) is 0 Å². The number of ether oxygens (including phenoxy) is 1. The van der Waals surface area contributed by atoms with E-state index in [9.17, 15) is 0 Å². The molecule has 0 bridgehead atoms. The second-order valence-electron chi connectivity index (χ2n) is 2.89. The van der Waals surface area contributed by atoms with Crippen molar-refractivity contribution in [2.75, 3.05) is 0 Å². The first-order chi connectivity index (χ1) is 7.30. The Hall–Kier alpha value is -1.28. The number of allylic oxidation sites excluding steroid dienone is 3. The zero-order valence-electron chi connectivity index (χ0n) is 8.45. The maximum Gasteiger partial charge on any atom is 0.127 e. The van der Waals surface area contributed by atoms with Crippen molar-refractivity contribution in [2.45, 2.75) is 5.33 Å². The van der Waals surface area contributed by atoms with Crippen LogP contribution in [-0.4, -0.2) is 0 Å². The molecule has 2 heteroatoms. The Bertz CT molecular complexity index is 380. The lowest BCUT2D eigenvalue weighted by atomic mass is 10.2. The Morgan fingerprint density at radius 1 is 1.40 bits per heavy atom. The monoisotopic (exact) mass is 264 g/mol. The van der Waals surface area contributed by atoms with Gasteiger partial charge in [-0.3, -0.25) is 0 Å². The van der Waals surface area contributed by atoms with Gasteiger partial charge in [0.1, 0.15) is 11.5 Å². The van der Waals surface area contributed by atoms with E-state index in [4.69, 9.17) is 4.74 Å². The highest BCUT2D eigenvalue weighted by atomic mass is 79.9. The molecule has 0 saturated heterocycles. The lowest BCUT2D eigenvalue weighted by molar-refractivity contribution is 0.444. The van der Waals surface area contributed by atoms with Crippen molar-refractivity contribution in [3.8, 4) is 5.75 Å². The van der Waals surface area contributed by atoms with Crippen LogP contribution in [0.3, 0.4) is 0 Å². The summed E-state index contributed by atoms with van der Waals surface area (Å²) < 4.78 is 5.60. The van der Waals surface area contributed by atoms with Crippen LogP contribution in [0.4, 0.5) is 0 Å². The molecule has 0 N–H and O–H groups in total. The van der Waals surface area contributed by atoms with Gasteiger partial charge in [0.2, 0.25) is 0 Å². The number of rotatable bonds is 5. The summed E-state index contributed by atoms with van der Waals surface area (Å²) >= 11 is 3.40. The minimum Gasteiger partial charge on any atom is -0.457 e. The fourth-order valence-corrected chi connectivity index (χ4v) is 1.44. The number of hydrogen-bond acceptors (Lipinski definition) is 1. The Kier molecular flexibility index (Phi) is 4.91. The van der Waals surface area contributed by atoms with Crippen molar-refractivity contribution >= 4 is 15.9 Å². The Labute approximate surface area is 98.9 Å². The molecule has 0 saturated carbocycles. The zero-order chi connectivity index (χ0) is 11.1. The molecule has 0 unspecified atom stereocenters. The molecular formula is C13H13BrO. The molecule has 0 aliphatic rings. The normalized spacial score (nSPS) is 10.9. The standard InChI is InChI=1S/C13H13BrO/c1-3-6-12(4-2)15-13-8-5-7-11(9-13)10-14/h3-9H,1-2,10H2/b12-6+. The second kappa shape index (κ2) is 6.25. The molecule has 1 nitrogen and oxygen atoms in total. The molecule has 1 aromatic rings. The summed E-state index contributed by atoms with van der Waals surface area (Å²) in [5.41, 5.74) is 1.18.